The van der Waals surface area contributed by atoms with Crippen LogP contribution in [0.1, 0.15) is 56.2 Å². The first-order valence-corrected chi connectivity index (χ1v) is 18.8. The van der Waals surface area contributed by atoms with Gasteiger partial charge in [0.25, 0.3) is 5.56 Å². The molecule has 1 N–H and O–H groups in total. The molecule has 12 heteroatoms. The summed E-state index contributed by atoms with van der Waals surface area (Å²) in [5.74, 6) is 1.43. The van der Waals surface area contributed by atoms with Gasteiger partial charge in [-0.1, -0.05) is 54.6 Å². The van der Waals surface area contributed by atoms with Gasteiger partial charge in [-0.2, -0.15) is 0 Å². The molecule has 1 saturated heterocycles. The largest absolute Gasteiger partial charge is 0.497 e. The molecule has 274 valence electrons. The summed E-state index contributed by atoms with van der Waals surface area (Å²) in [6.07, 6.45) is -1.44. The van der Waals surface area contributed by atoms with Crippen LogP contribution in [0, 0.1) is 6.92 Å². The smallest absolute Gasteiger partial charge is 0.330 e. The van der Waals surface area contributed by atoms with E-state index in [1.165, 1.54) is 10.8 Å². The summed E-state index contributed by atoms with van der Waals surface area (Å²) in [6.45, 7) is 12.4. The molecule has 11 nitrogen and oxygen atoms in total. The lowest BCUT2D eigenvalue weighted by molar-refractivity contribution is -0.0952. The minimum absolute atomic E-state index is 0.0532. The van der Waals surface area contributed by atoms with Crippen LogP contribution >= 0.6 is 8.30 Å². The molecule has 1 aromatic heterocycles. The summed E-state index contributed by atoms with van der Waals surface area (Å²) < 4.78 is 41.7. The van der Waals surface area contributed by atoms with Gasteiger partial charge in [-0.25, -0.2) is 4.79 Å². The molecule has 0 bridgehead atoms. The molecule has 51 heavy (non-hydrogen) atoms. The van der Waals surface area contributed by atoms with Crippen molar-refractivity contribution in [1.29, 1.82) is 0 Å². The molecule has 0 aliphatic carbocycles. The average molecular weight is 720 g/mol. The second-order valence-corrected chi connectivity index (χ2v) is 14.8. The number of ether oxygens (including phenoxy) is 5. The van der Waals surface area contributed by atoms with Gasteiger partial charge in [0.1, 0.15) is 43.7 Å². The lowest BCUT2D eigenvalue weighted by Crippen LogP contribution is -2.43. The van der Waals surface area contributed by atoms with Gasteiger partial charge in [0.05, 0.1) is 20.8 Å². The number of hydrogen-bond donors (Lipinski definition) is 1. The number of aromatic nitrogens is 2. The van der Waals surface area contributed by atoms with Crippen molar-refractivity contribution >= 4 is 8.30 Å². The van der Waals surface area contributed by atoms with Gasteiger partial charge in [-0.05, 0) is 82.2 Å². The molecule has 2 heterocycles. The van der Waals surface area contributed by atoms with E-state index in [-0.39, 0.29) is 18.7 Å². The molecule has 4 aromatic rings. The maximum atomic E-state index is 13.2. The molecule has 0 amide bonds. The fourth-order valence-electron chi connectivity index (χ4n) is 6.98. The fourth-order valence-corrected chi connectivity index (χ4v) is 9.00. The van der Waals surface area contributed by atoms with E-state index in [9.17, 15) is 9.59 Å². The van der Waals surface area contributed by atoms with E-state index in [0.29, 0.717) is 17.1 Å². The fraction of sp³-hybridized carbons (Fsp3) is 0.436. The van der Waals surface area contributed by atoms with Crippen LogP contribution in [0.25, 0.3) is 0 Å². The van der Waals surface area contributed by atoms with Crippen molar-refractivity contribution < 1.29 is 28.2 Å². The van der Waals surface area contributed by atoms with Gasteiger partial charge in [-0.15, -0.1) is 0 Å². The highest BCUT2D eigenvalue weighted by Gasteiger charge is 2.50. The average Bonchev–Trinajstić information content (AvgIpc) is 3.46. The van der Waals surface area contributed by atoms with Gasteiger partial charge in [0.2, 0.25) is 0 Å². The highest BCUT2D eigenvalue weighted by molar-refractivity contribution is 7.49. The van der Waals surface area contributed by atoms with Crippen molar-refractivity contribution in [1.82, 2.24) is 14.2 Å². The minimum Gasteiger partial charge on any atom is -0.497 e. The Balaban J connectivity index is 1.64. The predicted molar refractivity (Wildman–Crippen MR) is 199 cm³/mol. The van der Waals surface area contributed by atoms with Crippen molar-refractivity contribution in [3.05, 3.63) is 128 Å². The maximum Gasteiger partial charge on any atom is 0.330 e. The standard InChI is InChI=1S/C39H50N3O8P/c1-25(2)42(26(3)4)51(9)50-34-33(49-37(35(34)47-8)41-23-27(5)36(43)40-38(41)44)24-48-39(28-13-11-10-12-14-28,29-15-19-31(45-6)20-16-29)30-17-21-32(46-7)22-18-30/h10-23,25-26,33-35,37H,24H2,1-9H3,(H,40,43,44)/t33-,34+,35?,37-,51?/m1/s1. The molecule has 0 radical (unpaired) electrons. The van der Waals surface area contributed by atoms with Crippen molar-refractivity contribution in [3.63, 3.8) is 0 Å². The molecular weight excluding hydrogens is 669 g/mol. The number of H-pyrrole nitrogens is 1. The second kappa shape index (κ2) is 16.7. The molecule has 1 aliphatic rings. The van der Waals surface area contributed by atoms with Crippen LogP contribution in [0.5, 0.6) is 11.5 Å². The molecule has 5 rings (SSSR count). The van der Waals surface area contributed by atoms with Crippen LogP contribution in [0.3, 0.4) is 0 Å². The number of aryl methyl sites for hydroxylation is 1. The lowest BCUT2D eigenvalue weighted by Gasteiger charge is -2.39. The van der Waals surface area contributed by atoms with E-state index in [1.54, 1.807) is 28.3 Å². The van der Waals surface area contributed by atoms with Crippen LogP contribution in [-0.2, 0) is 24.3 Å². The van der Waals surface area contributed by atoms with E-state index in [4.69, 9.17) is 28.2 Å². The van der Waals surface area contributed by atoms with Gasteiger partial charge in [-0.3, -0.25) is 19.0 Å². The summed E-state index contributed by atoms with van der Waals surface area (Å²) in [7, 11) is 3.71. The van der Waals surface area contributed by atoms with Gasteiger partial charge >= 0.3 is 5.69 Å². The van der Waals surface area contributed by atoms with Gasteiger partial charge < -0.3 is 28.2 Å². The highest BCUT2D eigenvalue weighted by Crippen LogP contribution is 2.48. The molecule has 0 saturated carbocycles. The van der Waals surface area contributed by atoms with E-state index < -0.39 is 49.7 Å². The summed E-state index contributed by atoms with van der Waals surface area (Å²) >= 11 is 0. The summed E-state index contributed by atoms with van der Waals surface area (Å²) in [5.41, 5.74) is 0.833. The molecule has 2 unspecified atom stereocenters. The van der Waals surface area contributed by atoms with E-state index in [0.717, 1.165) is 16.7 Å². The van der Waals surface area contributed by atoms with Crippen LogP contribution in [0.2, 0.25) is 0 Å². The van der Waals surface area contributed by atoms with Gasteiger partial charge in [0.15, 0.2) is 6.23 Å². The number of benzene rings is 3. The SMILES string of the molecule is COc1ccc(C(OC[C@H]2O[C@@H](n3cc(C)c(=O)[nH]c3=O)C(OC)[C@H]2OP(C)N(C(C)C)C(C)C)(c2ccccc2)c2ccc(OC)cc2)cc1. The topological polar surface area (TPSA) is 113 Å². The monoisotopic (exact) mass is 719 g/mol. The number of methoxy groups -OCH3 is 3. The van der Waals surface area contributed by atoms with Crippen molar-refractivity contribution in [2.75, 3.05) is 34.6 Å². The van der Waals surface area contributed by atoms with E-state index in [1.807, 2.05) is 78.9 Å². The zero-order valence-corrected chi connectivity index (χ0v) is 31.8. The third kappa shape index (κ3) is 7.99. The van der Waals surface area contributed by atoms with E-state index in [2.05, 4.69) is 44.0 Å². The quantitative estimate of drug-likeness (QED) is 0.113. The zero-order valence-electron chi connectivity index (χ0n) is 30.9. The first-order chi connectivity index (χ1) is 24.4. The normalized spacial score (nSPS) is 19.9. The van der Waals surface area contributed by atoms with Crippen LogP contribution in [0.4, 0.5) is 0 Å². The summed E-state index contributed by atoms with van der Waals surface area (Å²) in [4.78, 5) is 27.9. The lowest BCUT2D eigenvalue weighted by atomic mass is 9.80. The number of rotatable bonds is 15. The Morgan fingerprint density at radius 3 is 1.84 bits per heavy atom. The van der Waals surface area contributed by atoms with Crippen molar-refractivity contribution in [2.24, 2.45) is 0 Å². The third-order valence-corrected chi connectivity index (χ3v) is 11.4. The van der Waals surface area contributed by atoms with Crippen LogP contribution in [-0.4, -0.2) is 79.2 Å². The van der Waals surface area contributed by atoms with Crippen molar-refractivity contribution in [3.8, 4) is 11.5 Å². The number of aromatic amines is 1. The Morgan fingerprint density at radius 2 is 1.35 bits per heavy atom. The Bertz CT molecular complexity index is 1770. The third-order valence-electron chi connectivity index (χ3n) is 9.27. The van der Waals surface area contributed by atoms with Crippen LogP contribution in [0.15, 0.2) is 94.6 Å². The summed E-state index contributed by atoms with van der Waals surface area (Å²) in [6, 6.07) is 26.1. The number of nitrogens with one attached hydrogen (secondary N) is 1. The highest BCUT2D eigenvalue weighted by atomic mass is 31.2. The van der Waals surface area contributed by atoms with E-state index >= 15 is 0 Å². The minimum atomic E-state index is -1.14. The Kier molecular flexibility index (Phi) is 12.6. The molecule has 1 fully saturated rings. The number of hydrogen-bond acceptors (Lipinski definition) is 9. The number of nitrogens with zero attached hydrogens (tertiary/aromatic N) is 2. The maximum absolute atomic E-state index is 13.2. The zero-order chi connectivity index (χ0) is 36.9. The first-order valence-electron chi connectivity index (χ1n) is 17.1. The van der Waals surface area contributed by atoms with Crippen molar-refractivity contribution in [2.45, 2.75) is 76.8 Å². The molecule has 5 atom stereocenters. The Hall–Kier alpha value is -3.83. The Morgan fingerprint density at radius 1 is 0.824 bits per heavy atom. The van der Waals surface area contributed by atoms with Crippen LogP contribution < -0.4 is 20.7 Å². The predicted octanol–water partition coefficient (Wildman–Crippen LogP) is 6.23. The summed E-state index contributed by atoms with van der Waals surface area (Å²) in [5, 5.41) is 0. The molecular formula is C39H50N3O8P. The molecule has 1 aliphatic heterocycles. The molecule has 0 spiro atoms. The second-order valence-electron chi connectivity index (χ2n) is 13.2. The first kappa shape index (κ1) is 38.4. The molecule has 3 aromatic carbocycles. The van der Waals surface area contributed by atoms with Gasteiger partial charge in [0, 0.05) is 31.0 Å². The Labute approximate surface area is 301 Å².